The number of aliphatic hydroxyl groups excluding tert-OH is 1. The molecule has 0 bridgehead atoms. The average molecular weight is 239 g/mol. The molecule has 84 valence electrons. The third-order valence-corrected chi connectivity index (χ3v) is 2.32. The van der Waals surface area contributed by atoms with Gasteiger partial charge in [0.2, 0.25) is 5.82 Å². The predicted molar refractivity (Wildman–Crippen MR) is 59.9 cm³/mol. The molecule has 0 unspecified atom stereocenters. The van der Waals surface area contributed by atoms with Crippen LogP contribution >= 0.6 is 11.6 Å². The van der Waals surface area contributed by atoms with Crippen LogP contribution in [0.1, 0.15) is 6.92 Å². The summed E-state index contributed by atoms with van der Waals surface area (Å²) in [7, 11) is 0. The zero-order valence-corrected chi connectivity index (χ0v) is 9.46. The number of nitrogens with zero attached hydrogens (tertiary/aromatic N) is 4. The van der Waals surface area contributed by atoms with Gasteiger partial charge in [0.25, 0.3) is 0 Å². The minimum Gasteiger partial charge on any atom is -0.391 e. The average Bonchev–Trinajstić information content (AvgIpc) is 2.66. The van der Waals surface area contributed by atoms with E-state index >= 15 is 0 Å². The lowest BCUT2D eigenvalue weighted by Crippen LogP contribution is -2.14. The number of aromatic nitrogens is 4. The van der Waals surface area contributed by atoms with Gasteiger partial charge in [0, 0.05) is 5.56 Å². The number of tetrazole rings is 1. The SMILES string of the molecule is C[C@@H](O)Cn1nnc(-c2ccccc2Cl)n1. The Bertz CT molecular complexity index is 483. The molecule has 1 N–H and O–H groups in total. The van der Waals surface area contributed by atoms with E-state index in [-0.39, 0.29) is 0 Å². The molecule has 5 nitrogen and oxygen atoms in total. The molecule has 6 heteroatoms. The van der Waals surface area contributed by atoms with E-state index in [1.54, 1.807) is 13.0 Å². The molecule has 0 aliphatic heterocycles. The first-order chi connectivity index (χ1) is 7.66. The van der Waals surface area contributed by atoms with Gasteiger partial charge in [-0.05, 0) is 24.3 Å². The van der Waals surface area contributed by atoms with Crippen molar-refractivity contribution in [1.29, 1.82) is 0 Å². The summed E-state index contributed by atoms with van der Waals surface area (Å²) in [5.74, 6) is 0.464. The molecule has 16 heavy (non-hydrogen) atoms. The van der Waals surface area contributed by atoms with E-state index in [1.807, 2.05) is 18.2 Å². The molecule has 1 aromatic carbocycles. The highest BCUT2D eigenvalue weighted by Crippen LogP contribution is 2.23. The molecule has 0 spiro atoms. The standard InChI is InChI=1S/C10H11ClN4O/c1-7(16)6-15-13-10(12-14-15)8-4-2-3-5-9(8)11/h2-5,7,16H,6H2,1H3/t7-/m1/s1. The van der Waals surface area contributed by atoms with Crippen molar-refractivity contribution in [2.45, 2.75) is 19.6 Å². The van der Waals surface area contributed by atoms with E-state index in [4.69, 9.17) is 11.6 Å². The van der Waals surface area contributed by atoms with Crippen LogP contribution in [0, 0.1) is 0 Å². The summed E-state index contributed by atoms with van der Waals surface area (Å²) in [5, 5.41) is 21.6. The lowest BCUT2D eigenvalue weighted by atomic mass is 10.2. The van der Waals surface area contributed by atoms with Crippen LogP contribution < -0.4 is 0 Å². The van der Waals surface area contributed by atoms with Gasteiger partial charge in [0.1, 0.15) is 0 Å². The van der Waals surface area contributed by atoms with Crippen molar-refractivity contribution in [2.75, 3.05) is 0 Å². The molecular formula is C10H11ClN4O. The number of rotatable bonds is 3. The van der Waals surface area contributed by atoms with Crippen LogP contribution in [0.2, 0.25) is 5.02 Å². The highest BCUT2D eigenvalue weighted by atomic mass is 35.5. The molecule has 0 aliphatic rings. The Balaban J connectivity index is 2.28. The Labute approximate surface area is 97.7 Å². The highest BCUT2D eigenvalue weighted by molar-refractivity contribution is 6.33. The van der Waals surface area contributed by atoms with Gasteiger partial charge in [-0.15, -0.1) is 10.2 Å². The number of benzene rings is 1. The molecule has 0 aliphatic carbocycles. The van der Waals surface area contributed by atoms with Crippen molar-refractivity contribution >= 4 is 11.6 Å². The van der Waals surface area contributed by atoms with Crippen molar-refractivity contribution in [3.05, 3.63) is 29.3 Å². The molecule has 0 radical (unpaired) electrons. The van der Waals surface area contributed by atoms with E-state index in [9.17, 15) is 5.11 Å². The quantitative estimate of drug-likeness (QED) is 0.877. The third kappa shape index (κ3) is 2.37. The van der Waals surface area contributed by atoms with Gasteiger partial charge < -0.3 is 5.11 Å². The molecule has 0 saturated heterocycles. The first-order valence-corrected chi connectivity index (χ1v) is 5.25. The molecule has 1 heterocycles. The number of hydrogen-bond acceptors (Lipinski definition) is 4. The fourth-order valence-electron chi connectivity index (χ4n) is 1.31. The summed E-state index contributed by atoms with van der Waals surface area (Å²) in [5.41, 5.74) is 0.737. The third-order valence-electron chi connectivity index (χ3n) is 2.00. The van der Waals surface area contributed by atoms with Gasteiger partial charge in [-0.3, -0.25) is 0 Å². The normalized spacial score (nSPS) is 12.7. The first-order valence-electron chi connectivity index (χ1n) is 4.87. The van der Waals surface area contributed by atoms with Crippen LogP contribution in [0.25, 0.3) is 11.4 Å². The van der Waals surface area contributed by atoms with Crippen LogP contribution in [-0.2, 0) is 6.54 Å². The van der Waals surface area contributed by atoms with Gasteiger partial charge in [0.05, 0.1) is 17.7 Å². The van der Waals surface area contributed by atoms with E-state index in [2.05, 4.69) is 15.4 Å². The molecule has 1 atom stereocenters. The molecule has 0 amide bonds. The molecule has 1 aromatic heterocycles. The summed E-state index contributed by atoms with van der Waals surface area (Å²) < 4.78 is 0. The van der Waals surface area contributed by atoms with E-state index in [0.717, 1.165) is 5.56 Å². The zero-order valence-electron chi connectivity index (χ0n) is 8.71. The second-order valence-corrected chi connectivity index (χ2v) is 3.90. The number of aliphatic hydroxyl groups is 1. The smallest absolute Gasteiger partial charge is 0.206 e. The highest BCUT2D eigenvalue weighted by Gasteiger charge is 2.09. The maximum atomic E-state index is 9.19. The van der Waals surface area contributed by atoms with E-state index < -0.39 is 6.10 Å². The predicted octanol–water partition coefficient (Wildman–Crippen LogP) is 1.37. The second-order valence-electron chi connectivity index (χ2n) is 3.50. The monoisotopic (exact) mass is 238 g/mol. The number of hydrogen-bond donors (Lipinski definition) is 1. The zero-order chi connectivity index (χ0) is 11.5. The molecule has 2 rings (SSSR count). The van der Waals surface area contributed by atoms with Crippen LogP contribution in [0.5, 0.6) is 0 Å². The van der Waals surface area contributed by atoms with Crippen LogP contribution in [-0.4, -0.2) is 31.4 Å². The summed E-state index contributed by atoms with van der Waals surface area (Å²) in [6.45, 7) is 1.98. The van der Waals surface area contributed by atoms with Crippen molar-refractivity contribution in [2.24, 2.45) is 0 Å². The molecule has 2 aromatic rings. The Morgan fingerprint density at radius 3 is 2.88 bits per heavy atom. The summed E-state index contributed by atoms with van der Waals surface area (Å²) in [4.78, 5) is 1.35. The maximum absolute atomic E-state index is 9.19. The minimum atomic E-state index is -0.506. The van der Waals surface area contributed by atoms with Gasteiger partial charge >= 0.3 is 0 Å². The number of halogens is 1. The van der Waals surface area contributed by atoms with Gasteiger partial charge in [0.15, 0.2) is 0 Å². The van der Waals surface area contributed by atoms with E-state index in [0.29, 0.717) is 17.4 Å². The van der Waals surface area contributed by atoms with Crippen LogP contribution in [0.15, 0.2) is 24.3 Å². The molecule has 0 saturated carbocycles. The van der Waals surface area contributed by atoms with Crippen molar-refractivity contribution in [3.8, 4) is 11.4 Å². The molecular weight excluding hydrogens is 228 g/mol. The van der Waals surface area contributed by atoms with Crippen molar-refractivity contribution in [3.63, 3.8) is 0 Å². The van der Waals surface area contributed by atoms with Gasteiger partial charge in [-0.1, -0.05) is 23.7 Å². The topological polar surface area (TPSA) is 63.8 Å². The van der Waals surface area contributed by atoms with Crippen LogP contribution in [0.4, 0.5) is 0 Å². The largest absolute Gasteiger partial charge is 0.391 e. The van der Waals surface area contributed by atoms with Crippen LogP contribution in [0.3, 0.4) is 0 Å². The molecule has 0 fully saturated rings. The fraction of sp³-hybridized carbons (Fsp3) is 0.300. The lowest BCUT2D eigenvalue weighted by Gasteiger charge is -2.00. The van der Waals surface area contributed by atoms with E-state index in [1.165, 1.54) is 4.80 Å². The van der Waals surface area contributed by atoms with Crippen molar-refractivity contribution < 1.29 is 5.11 Å². The maximum Gasteiger partial charge on any atom is 0.206 e. The summed E-state index contributed by atoms with van der Waals surface area (Å²) in [6.07, 6.45) is -0.506. The Hall–Kier alpha value is -1.46. The Morgan fingerprint density at radius 2 is 2.19 bits per heavy atom. The fourth-order valence-corrected chi connectivity index (χ4v) is 1.53. The Kier molecular flexibility index (Phi) is 3.17. The van der Waals surface area contributed by atoms with Gasteiger partial charge in [-0.25, -0.2) is 0 Å². The summed E-state index contributed by atoms with van der Waals surface area (Å²) >= 11 is 6.01. The lowest BCUT2D eigenvalue weighted by molar-refractivity contribution is 0.161. The Morgan fingerprint density at radius 1 is 1.44 bits per heavy atom. The first kappa shape index (κ1) is 11.0. The van der Waals surface area contributed by atoms with Gasteiger partial charge in [-0.2, -0.15) is 4.80 Å². The summed E-state index contributed by atoms with van der Waals surface area (Å²) in [6, 6.07) is 7.29. The minimum absolute atomic E-state index is 0.317. The van der Waals surface area contributed by atoms with Crippen molar-refractivity contribution in [1.82, 2.24) is 20.2 Å². The second kappa shape index (κ2) is 4.59.